The Bertz CT molecular complexity index is 617. The molecule has 3 rings (SSSR count). The third-order valence-corrected chi connectivity index (χ3v) is 5.74. The topological polar surface area (TPSA) is 55.8 Å². The first-order valence-corrected chi connectivity index (χ1v) is 8.96. The number of benzene rings is 1. The first-order valence-electron chi connectivity index (χ1n) is 8.96. The van der Waals surface area contributed by atoms with Crippen LogP contribution in [-0.2, 0) is 0 Å². The second-order valence-corrected chi connectivity index (χ2v) is 7.52. The molecule has 1 heterocycles. The first-order chi connectivity index (χ1) is 11.4. The predicted octanol–water partition coefficient (Wildman–Crippen LogP) is 3.22. The molecule has 1 aromatic carbocycles. The van der Waals surface area contributed by atoms with Gasteiger partial charge in [-0.25, -0.2) is 4.79 Å². The highest BCUT2D eigenvalue weighted by Crippen LogP contribution is 2.40. The lowest BCUT2D eigenvalue weighted by atomic mass is 9.71. The summed E-state index contributed by atoms with van der Waals surface area (Å²) in [5.41, 5.74) is 2.49. The van der Waals surface area contributed by atoms with Crippen molar-refractivity contribution in [3.05, 3.63) is 23.8 Å². The minimum Gasteiger partial charge on any atom is -0.389 e. The van der Waals surface area contributed by atoms with E-state index in [0.29, 0.717) is 19.5 Å². The molecule has 0 spiro atoms. The fourth-order valence-electron chi connectivity index (χ4n) is 4.19. The third-order valence-electron chi connectivity index (χ3n) is 5.74. The van der Waals surface area contributed by atoms with Gasteiger partial charge in [-0.3, -0.25) is 0 Å². The molecule has 24 heavy (non-hydrogen) atoms. The van der Waals surface area contributed by atoms with E-state index in [1.54, 1.807) is 0 Å². The van der Waals surface area contributed by atoms with Gasteiger partial charge in [0.2, 0.25) is 0 Å². The van der Waals surface area contributed by atoms with Crippen LogP contribution in [0.5, 0.6) is 0 Å². The van der Waals surface area contributed by atoms with Crippen LogP contribution in [0.25, 0.3) is 0 Å². The molecule has 2 N–H and O–H groups in total. The number of nitrogens with one attached hydrogen (secondary N) is 1. The Kier molecular flexibility index (Phi) is 4.72. The molecule has 5 heteroatoms. The van der Waals surface area contributed by atoms with Crippen LogP contribution in [0.3, 0.4) is 0 Å². The number of nitrogens with zero attached hydrogens (tertiary/aromatic N) is 2. The van der Waals surface area contributed by atoms with E-state index in [0.717, 1.165) is 42.6 Å². The Morgan fingerprint density at radius 3 is 2.88 bits per heavy atom. The highest BCUT2D eigenvalue weighted by molar-refractivity contribution is 5.91. The average Bonchev–Trinajstić information content (AvgIpc) is 2.55. The molecule has 1 aromatic rings. The zero-order valence-electron chi connectivity index (χ0n) is 15.0. The van der Waals surface area contributed by atoms with E-state index in [1.807, 2.05) is 49.0 Å². The van der Waals surface area contributed by atoms with E-state index >= 15 is 0 Å². The Morgan fingerprint density at radius 1 is 1.33 bits per heavy atom. The summed E-state index contributed by atoms with van der Waals surface area (Å²) in [4.78, 5) is 16.6. The molecule has 0 unspecified atom stereocenters. The Labute approximate surface area is 144 Å². The number of anilines is 2. The fourth-order valence-corrected chi connectivity index (χ4v) is 4.19. The molecule has 0 aromatic heterocycles. The molecular weight excluding hydrogens is 302 g/mol. The number of piperidine rings is 1. The van der Waals surface area contributed by atoms with Crippen molar-refractivity contribution in [2.24, 2.45) is 5.92 Å². The van der Waals surface area contributed by atoms with E-state index in [1.165, 1.54) is 0 Å². The monoisotopic (exact) mass is 331 g/mol. The highest BCUT2D eigenvalue weighted by atomic mass is 16.3. The molecule has 1 aliphatic heterocycles. The number of hydrogen-bond donors (Lipinski definition) is 2. The molecule has 2 fully saturated rings. The lowest BCUT2D eigenvalue weighted by Crippen LogP contribution is -2.55. The SMILES string of the molecule is Cc1c(NC(=O)N2CC[C@@]3(O)CCCC[C@@H]3C2)cccc1N(C)C. The van der Waals surface area contributed by atoms with Gasteiger partial charge in [0.25, 0.3) is 0 Å². The van der Waals surface area contributed by atoms with Gasteiger partial charge in [0.05, 0.1) is 5.60 Å². The number of amides is 2. The summed E-state index contributed by atoms with van der Waals surface area (Å²) in [5.74, 6) is 0.222. The van der Waals surface area contributed by atoms with Gasteiger partial charge < -0.3 is 20.2 Å². The molecule has 0 bridgehead atoms. The summed E-state index contributed by atoms with van der Waals surface area (Å²) in [6.07, 6.45) is 4.87. The van der Waals surface area contributed by atoms with Gasteiger partial charge in [-0.15, -0.1) is 0 Å². The minimum atomic E-state index is -0.546. The second-order valence-electron chi connectivity index (χ2n) is 7.52. The van der Waals surface area contributed by atoms with Crippen molar-refractivity contribution in [3.8, 4) is 0 Å². The zero-order valence-corrected chi connectivity index (χ0v) is 15.0. The molecule has 1 saturated carbocycles. The molecular formula is C19H29N3O2. The molecule has 5 nitrogen and oxygen atoms in total. The number of rotatable bonds is 2. The summed E-state index contributed by atoms with van der Waals surface area (Å²) in [6.45, 7) is 3.32. The van der Waals surface area contributed by atoms with Gasteiger partial charge in [-0.05, 0) is 43.9 Å². The van der Waals surface area contributed by atoms with Gasteiger partial charge in [0, 0.05) is 44.5 Å². The fraction of sp³-hybridized carbons (Fsp3) is 0.632. The van der Waals surface area contributed by atoms with Gasteiger partial charge in [-0.1, -0.05) is 18.9 Å². The number of carbonyl (C=O) groups is 1. The van der Waals surface area contributed by atoms with Crippen molar-refractivity contribution in [1.29, 1.82) is 0 Å². The van der Waals surface area contributed by atoms with E-state index in [9.17, 15) is 9.90 Å². The normalized spacial score (nSPS) is 26.7. The highest BCUT2D eigenvalue weighted by Gasteiger charge is 2.43. The standard InChI is InChI=1S/C19H29N3O2/c1-14-16(8-6-9-17(14)21(2)3)20-18(23)22-12-11-19(24)10-5-4-7-15(19)13-22/h6,8-9,15,24H,4-5,7,10-13H2,1-3H3,(H,20,23)/t15-,19+/m1/s1. The Morgan fingerprint density at radius 2 is 2.12 bits per heavy atom. The van der Waals surface area contributed by atoms with Crippen molar-refractivity contribution >= 4 is 17.4 Å². The van der Waals surface area contributed by atoms with Gasteiger partial charge in [-0.2, -0.15) is 0 Å². The zero-order chi connectivity index (χ0) is 17.3. The molecule has 0 radical (unpaired) electrons. The summed E-state index contributed by atoms with van der Waals surface area (Å²) in [5, 5.41) is 13.8. The van der Waals surface area contributed by atoms with E-state index in [4.69, 9.17) is 0 Å². The van der Waals surface area contributed by atoms with Crippen LogP contribution in [0.15, 0.2) is 18.2 Å². The van der Waals surface area contributed by atoms with Crippen molar-refractivity contribution in [2.75, 3.05) is 37.4 Å². The van der Waals surface area contributed by atoms with Crippen LogP contribution in [0, 0.1) is 12.8 Å². The van der Waals surface area contributed by atoms with Gasteiger partial charge >= 0.3 is 6.03 Å². The number of urea groups is 1. The lowest BCUT2D eigenvalue weighted by molar-refractivity contribution is -0.0863. The van der Waals surface area contributed by atoms with Gasteiger partial charge in [0.1, 0.15) is 0 Å². The quantitative estimate of drug-likeness (QED) is 0.875. The summed E-state index contributed by atoms with van der Waals surface area (Å²) < 4.78 is 0. The van der Waals surface area contributed by atoms with Crippen molar-refractivity contribution < 1.29 is 9.90 Å². The van der Waals surface area contributed by atoms with Crippen LogP contribution < -0.4 is 10.2 Å². The number of hydrogen-bond acceptors (Lipinski definition) is 3. The van der Waals surface area contributed by atoms with Crippen LogP contribution in [0.4, 0.5) is 16.2 Å². The molecule has 2 aliphatic rings. The largest absolute Gasteiger partial charge is 0.389 e. The Balaban J connectivity index is 1.69. The van der Waals surface area contributed by atoms with Crippen molar-refractivity contribution in [3.63, 3.8) is 0 Å². The molecule has 2 amide bonds. The molecule has 132 valence electrons. The molecule has 2 atom stereocenters. The maximum atomic E-state index is 12.7. The summed E-state index contributed by atoms with van der Waals surface area (Å²) in [7, 11) is 4.00. The minimum absolute atomic E-state index is 0.0540. The second kappa shape index (κ2) is 6.63. The van der Waals surface area contributed by atoms with Crippen LogP contribution in [0.2, 0.25) is 0 Å². The third kappa shape index (κ3) is 3.22. The van der Waals surface area contributed by atoms with Crippen LogP contribution in [-0.4, -0.2) is 48.8 Å². The van der Waals surface area contributed by atoms with Crippen molar-refractivity contribution in [2.45, 2.75) is 44.6 Å². The Hall–Kier alpha value is -1.75. The predicted molar refractivity (Wildman–Crippen MR) is 97.6 cm³/mol. The first kappa shape index (κ1) is 17.1. The van der Waals surface area contributed by atoms with Crippen LogP contribution >= 0.6 is 0 Å². The maximum absolute atomic E-state index is 12.7. The summed E-state index contributed by atoms with van der Waals surface area (Å²) in [6, 6.07) is 5.91. The lowest BCUT2D eigenvalue weighted by Gasteiger charge is -2.47. The van der Waals surface area contributed by atoms with Crippen molar-refractivity contribution in [1.82, 2.24) is 4.90 Å². The van der Waals surface area contributed by atoms with Gasteiger partial charge in [0.15, 0.2) is 0 Å². The number of fused-ring (bicyclic) bond motifs is 1. The van der Waals surface area contributed by atoms with E-state index < -0.39 is 5.60 Å². The van der Waals surface area contributed by atoms with E-state index in [-0.39, 0.29) is 11.9 Å². The smallest absolute Gasteiger partial charge is 0.321 e. The van der Waals surface area contributed by atoms with E-state index in [2.05, 4.69) is 5.32 Å². The maximum Gasteiger partial charge on any atom is 0.321 e. The number of carbonyl (C=O) groups excluding carboxylic acids is 1. The summed E-state index contributed by atoms with van der Waals surface area (Å²) >= 11 is 0. The number of likely N-dealkylation sites (tertiary alicyclic amines) is 1. The number of aliphatic hydroxyl groups is 1. The molecule has 1 saturated heterocycles. The average molecular weight is 331 g/mol. The van der Waals surface area contributed by atoms with Crippen LogP contribution in [0.1, 0.15) is 37.7 Å². The molecule has 1 aliphatic carbocycles.